The van der Waals surface area contributed by atoms with Gasteiger partial charge in [0.2, 0.25) is 0 Å². The molecule has 5 rings (SSSR count). The van der Waals surface area contributed by atoms with Crippen molar-refractivity contribution < 1.29 is 22.4 Å². The van der Waals surface area contributed by atoms with Crippen molar-refractivity contribution in [3.63, 3.8) is 0 Å². The first kappa shape index (κ1) is 26.8. The Hall–Kier alpha value is -3.77. The number of anilines is 1. The third-order valence-electron chi connectivity index (χ3n) is 6.08. The summed E-state index contributed by atoms with van der Waals surface area (Å²) in [5.41, 5.74) is 1.17. The molecule has 3 aromatic heterocycles. The zero-order valence-electron chi connectivity index (χ0n) is 20.3. The van der Waals surface area contributed by atoms with E-state index < -0.39 is 23.6 Å². The van der Waals surface area contributed by atoms with Crippen LogP contribution in [0.25, 0.3) is 16.9 Å². The number of carbonyl (C=O) groups is 1. The van der Waals surface area contributed by atoms with E-state index in [-0.39, 0.29) is 40.0 Å². The van der Waals surface area contributed by atoms with Crippen LogP contribution in [-0.4, -0.2) is 30.3 Å². The van der Waals surface area contributed by atoms with Crippen molar-refractivity contribution in [2.24, 2.45) is 0 Å². The molecule has 0 radical (unpaired) electrons. The minimum absolute atomic E-state index is 0.0194. The van der Waals surface area contributed by atoms with Gasteiger partial charge in [-0.05, 0) is 65.2 Å². The van der Waals surface area contributed by atoms with Crippen LogP contribution in [0.1, 0.15) is 32.9 Å². The zero-order chi connectivity index (χ0) is 28.1. The summed E-state index contributed by atoms with van der Waals surface area (Å²) in [4.78, 5) is 17.3. The van der Waals surface area contributed by atoms with Gasteiger partial charge in [0.05, 0.1) is 16.7 Å². The van der Waals surface area contributed by atoms with E-state index in [2.05, 4.69) is 36.4 Å². The molecule has 200 valence electrons. The summed E-state index contributed by atoms with van der Waals surface area (Å²) in [6, 6.07) is 11.6. The molecule has 0 atom stereocenters. The van der Waals surface area contributed by atoms with Crippen LogP contribution in [0.4, 0.5) is 23.4 Å². The van der Waals surface area contributed by atoms with E-state index in [0.29, 0.717) is 14.6 Å². The highest BCUT2D eigenvalue weighted by Gasteiger charge is 2.36. The Bertz CT molecular complexity index is 1730. The number of fused-ring (bicyclic) bond motifs is 1. The number of aromatic nitrogens is 5. The molecule has 13 heteroatoms. The molecule has 39 heavy (non-hydrogen) atoms. The number of hydrogen-bond acceptors (Lipinski definition) is 4. The zero-order valence-corrected chi connectivity index (χ0v) is 22.7. The summed E-state index contributed by atoms with van der Waals surface area (Å²) in [7, 11) is 0. The maximum atomic E-state index is 14.2. The van der Waals surface area contributed by atoms with Crippen LogP contribution in [0.5, 0.6) is 0 Å². The van der Waals surface area contributed by atoms with Crippen LogP contribution >= 0.6 is 27.5 Å². The second-order valence-corrected chi connectivity index (χ2v) is 10.1. The SMILES string of the molecule is Cc1ccc(-c2cc(C(F)(F)F)n3nc(C(=O)Nc4nn(Cc5c(F)cccc5Cl)cc4Br)cc3n2)cc1C. The molecule has 1 N–H and O–H groups in total. The average molecular weight is 622 g/mol. The first-order valence-corrected chi connectivity index (χ1v) is 12.6. The van der Waals surface area contributed by atoms with Crippen molar-refractivity contribution in [3.8, 4) is 11.3 Å². The van der Waals surface area contributed by atoms with E-state index in [4.69, 9.17) is 11.6 Å². The molecular formula is C26H18BrClF4N6O. The third-order valence-corrected chi connectivity index (χ3v) is 7.02. The van der Waals surface area contributed by atoms with Crippen LogP contribution in [-0.2, 0) is 12.7 Å². The summed E-state index contributed by atoms with van der Waals surface area (Å²) >= 11 is 9.36. The number of nitrogens with one attached hydrogen (secondary N) is 1. The molecule has 0 bridgehead atoms. The first-order valence-electron chi connectivity index (χ1n) is 11.4. The lowest BCUT2D eigenvalue weighted by Gasteiger charge is -2.11. The van der Waals surface area contributed by atoms with Crippen LogP contribution in [0.15, 0.2) is 59.2 Å². The maximum Gasteiger partial charge on any atom is 0.433 e. The number of nitrogens with zero attached hydrogens (tertiary/aromatic N) is 5. The Kier molecular flexibility index (Phi) is 6.93. The Morgan fingerprint density at radius 1 is 1.08 bits per heavy atom. The normalized spacial score (nSPS) is 11.8. The number of halogens is 6. The van der Waals surface area contributed by atoms with Gasteiger partial charge in [-0.2, -0.15) is 23.4 Å². The predicted octanol–water partition coefficient (Wildman–Crippen LogP) is 7.08. The van der Waals surface area contributed by atoms with Crippen LogP contribution in [0, 0.1) is 19.7 Å². The van der Waals surface area contributed by atoms with Gasteiger partial charge in [0.1, 0.15) is 5.82 Å². The highest BCUT2D eigenvalue weighted by Crippen LogP contribution is 2.33. The van der Waals surface area contributed by atoms with Crippen molar-refractivity contribution >= 4 is 44.9 Å². The van der Waals surface area contributed by atoms with Gasteiger partial charge in [-0.25, -0.2) is 13.9 Å². The summed E-state index contributed by atoms with van der Waals surface area (Å²) in [6.45, 7) is 3.73. The largest absolute Gasteiger partial charge is 0.433 e. The predicted molar refractivity (Wildman–Crippen MR) is 141 cm³/mol. The fourth-order valence-electron chi connectivity index (χ4n) is 3.92. The molecule has 0 saturated heterocycles. The van der Waals surface area contributed by atoms with E-state index in [1.807, 2.05) is 13.8 Å². The highest BCUT2D eigenvalue weighted by molar-refractivity contribution is 9.10. The maximum absolute atomic E-state index is 14.2. The van der Waals surface area contributed by atoms with Crippen molar-refractivity contribution in [1.29, 1.82) is 0 Å². The Morgan fingerprint density at radius 2 is 1.85 bits per heavy atom. The first-order chi connectivity index (χ1) is 18.4. The van der Waals surface area contributed by atoms with E-state index in [9.17, 15) is 22.4 Å². The summed E-state index contributed by atoms with van der Waals surface area (Å²) in [5.74, 6) is -1.27. The van der Waals surface area contributed by atoms with Crippen LogP contribution in [0.2, 0.25) is 5.02 Å². The molecule has 7 nitrogen and oxygen atoms in total. The number of benzene rings is 2. The molecule has 0 unspecified atom stereocenters. The van der Waals surface area contributed by atoms with Gasteiger partial charge >= 0.3 is 6.18 Å². The molecule has 0 saturated carbocycles. The number of carbonyl (C=O) groups excluding carboxylic acids is 1. The van der Waals surface area contributed by atoms with Gasteiger partial charge < -0.3 is 5.32 Å². The van der Waals surface area contributed by atoms with Crippen LogP contribution in [0.3, 0.4) is 0 Å². The van der Waals surface area contributed by atoms with Crippen molar-refractivity contribution in [3.05, 3.63) is 98.1 Å². The fraction of sp³-hybridized carbons (Fsp3) is 0.154. The molecule has 0 aliphatic carbocycles. The fourth-order valence-corrected chi connectivity index (χ4v) is 4.55. The molecule has 0 aliphatic rings. The highest BCUT2D eigenvalue weighted by atomic mass is 79.9. The van der Waals surface area contributed by atoms with E-state index >= 15 is 0 Å². The monoisotopic (exact) mass is 620 g/mol. The van der Waals surface area contributed by atoms with Gasteiger partial charge in [-0.1, -0.05) is 29.8 Å². The molecule has 1 amide bonds. The second-order valence-electron chi connectivity index (χ2n) is 8.80. The third kappa shape index (κ3) is 5.39. The molecule has 0 fully saturated rings. The number of alkyl halides is 3. The number of rotatable bonds is 5. The van der Waals surface area contributed by atoms with Gasteiger partial charge in [0.15, 0.2) is 22.9 Å². The Morgan fingerprint density at radius 3 is 2.54 bits per heavy atom. The minimum Gasteiger partial charge on any atom is -0.303 e. The van der Waals surface area contributed by atoms with Gasteiger partial charge in [-0.15, -0.1) is 0 Å². The van der Waals surface area contributed by atoms with Crippen molar-refractivity contribution in [1.82, 2.24) is 24.4 Å². The molecule has 5 aromatic rings. The minimum atomic E-state index is -4.76. The quantitative estimate of drug-likeness (QED) is 0.213. The smallest absolute Gasteiger partial charge is 0.303 e. The standard InChI is InChI=1S/C26H18BrClF4N6O/c1-13-6-7-15(8-14(13)2)20-9-22(26(30,31)32)38-23(33-20)10-21(35-38)25(39)34-24-17(27)12-37(36-24)11-16-18(28)4-3-5-19(16)29/h3-10,12H,11H2,1-2H3,(H,34,36,39). The molecule has 0 aliphatic heterocycles. The van der Waals surface area contributed by atoms with Gasteiger partial charge in [0, 0.05) is 28.4 Å². The lowest BCUT2D eigenvalue weighted by Crippen LogP contribution is -2.16. The van der Waals surface area contributed by atoms with Gasteiger partial charge in [0.25, 0.3) is 5.91 Å². The molecular weight excluding hydrogens is 604 g/mol. The summed E-state index contributed by atoms with van der Waals surface area (Å²) in [6.07, 6.45) is -3.26. The van der Waals surface area contributed by atoms with E-state index in [0.717, 1.165) is 17.2 Å². The molecule has 2 aromatic carbocycles. The molecule has 3 heterocycles. The van der Waals surface area contributed by atoms with Crippen molar-refractivity contribution in [2.45, 2.75) is 26.6 Å². The number of aryl methyl sites for hydroxylation is 2. The number of hydrogen-bond donors (Lipinski definition) is 1. The Labute approximate surface area is 232 Å². The average Bonchev–Trinajstić information content (AvgIpc) is 3.45. The topological polar surface area (TPSA) is 77.1 Å². The summed E-state index contributed by atoms with van der Waals surface area (Å²) in [5, 5.41) is 10.8. The van der Waals surface area contributed by atoms with Crippen LogP contribution < -0.4 is 5.32 Å². The summed E-state index contributed by atoms with van der Waals surface area (Å²) < 4.78 is 58.4. The van der Waals surface area contributed by atoms with E-state index in [1.165, 1.54) is 29.1 Å². The number of amides is 1. The second kappa shape index (κ2) is 10.1. The lowest BCUT2D eigenvalue weighted by atomic mass is 10.0. The lowest BCUT2D eigenvalue weighted by molar-refractivity contribution is -0.142. The van der Waals surface area contributed by atoms with Gasteiger partial charge in [-0.3, -0.25) is 9.48 Å². The molecule has 0 spiro atoms. The van der Waals surface area contributed by atoms with Crippen molar-refractivity contribution in [2.75, 3.05) is 5.32 Å². The van der Waals surface area contributed by atoms with E-state index in [1.54, 1.807) is 24.3 Å². The Balaban J connectivity index is 1.47.